The van der Waals surface area contributed by atoms with Gasteiger partial charge in [0.05, 0.1) is 33.9 Å². The number of ether oxygens (including phenoxy) is 2. The number of hydrogen-bond donors (Lipinski definition) is 3. The highest BCUT2D eigenvalue weighted by Gasteiger charge is 2.30. The van der Waals surface area contributed by atoms with Crippen molar-refractivity contribution in [2.75, 3.05) is 6.61 Å². The zero-order valence-electron chi connectivity index (χ0n) is 29.5. The smallest absolute Gasteiger partial charge is 0.408 e. The maximum absolute atomic E-state index is 12.5. The van der Waals surface area contributed by atoms with Gasteiger partial charge < -0.3 is 25.0 Å². The molecule has 270 valence electrons. The van der Waals surface area contributed by atoms with E-state index in [-0.39, 0.29) is 17.7 Å². The van der Waals surface area contributed by atoms with Crippen molar-refractivity contribution < 1.29 is 39.0 Å². The molecule has 0 bridgehead atoms. The standard InChI is InChI=1S/C35H51N5O9/c1-8-9-10-11-13-24(2)14-12-15-27-23-39(38-37-27)34(4,5)20-21-48-35(6,7)26-16-18-30(40(46)47)28(22-26)25(3)49-33(45)36-29(32(43)44)17-19-31(41)42/h10-12,14,16,18,22-25,29H,8-9,13,15,17,19-21H2,1-7H3,(H,36,45)(H,41,42)(H,43,44)/b11-10+,14-12+. The highest BCUT2D eigenvalue weighted by molar-refractivity contribution is 5.80. The lowest BCUT2D eigenvalue weighted by Crippen LogP contribution is -2.41. The van der Waals surface area contributed by atoms with Crippen LogP contribution in [0.15, 0.2) is 48.7 Å². The van der Waals surface area contributed by atoms with Crippen molar-refractivity contribution in [3.05, 3.63) is 75.6 Å². The lowest BCUT2D eigenvalue weighted by atomic mass is 9.93. The van der Waals surface area contributed by atoms with Gasteiger partial charge in [0.2, 0.25) is 0 Å². The molecule has 0 aliphatic rings. The number of aliphatic carboxylic acids is 2. The van der Waals surface area contributed by atoms with E-state index in [2.05, 4.69) is 53.8 Å². The van der Waals surface area contributed by atoms with Crippen molar-refractivity contribution >= 4 is 23.7 Å². The van der Waals surface area contributed by atoms with E-state index in [0.29, 0.717) is 30.9 Å². The lowest BCUT2D eigenvalue weighted by molar-refractivity contribution is -0.386. The predicted molar refractivity (Wildman–Crippen MR) is 183 cm³/mol. The number of hydrogen-bond acceptors (Lipinski definition) is 9. The van der Waals surface area contributed by atoms with Crippen LogP contribution in [0.25, 0.3) is 0 Å². The number of carbonyl (C=O) groups excluding carboxylic acids is 1. The zero-order valence-corrected chi connectivity index (χ0v) is 29.5. The van der Waals surface area contributed by atoms with Crippen LogP contribution >= 0.6 is 0 Å². The van der Waals surface area contributed by atoms with Gasteiger partial charge in [-0.15, -0.1) is 5.10 Å². The van der Waals surface area contributed by atoms with Gasteiger partial charge in [0.1, 0.15) is 12.1 Å². The van der Waals surface area contributed by atoms with Gasteiger partial charge in [0, 0.05) is 25.1 Å². The topological polar surface area (TPSA) is 196 Å². The minimum Gasteiger partial charge on any atom is -0.481 e. The third kappa shape index (κ3) is 13.4. The van der Waals surface area contributed by atoms with Crippen molar-refractivity contribution in [3.8, 4) is 0 Å². The van der Waals surface area contributed by atoms with E-state index in [4.69, 9.17) is 14.6 Å². The summed E-state index contributed by atoms with van der Waals surface area (Å²) >= 11 is 0. The van der Waals surface area contributed by atoms with Crippen LogP contribution in [0.3, 0.4) is 0 Å². The minimum atomic E-state index is -1.51. The SMILES string of the molecule is CCC/C=C/CC(C)/C=C/Cc1cn(C(C)(C)CCOC(C)(C)c2ccc([N+](=O)[O-])c(C(C)OC(=O)NC(CCC(=O)O)C(=O)O)c2)nn1. The van der Waals surface area contributed by atoms with Crippen LogP contribution in [0.5, 0.6) is 0 Å². The molecule has 0 spiro atoms. The van der Waals surface area contributed by atoms with E-state index in [1.54, 1.807) is 6.07 Å². The van der Waals surface area contributed by atoms with Crippen LogP contribution in [0.1, 0.15) is 110 Å². The number of unbranched alkanes of at least 4 members (excludes halogenated alkanes) is 1. The highest BCUT2D eigenvalue weighted by atomic mass is 16.6. The molecule has 0 radical (unpaired) electrons. The average molecular weight is 686 g/mol. The molecular weight excluding hydrogens is 634 g/mol. The number of amides is 1. The first-order valence-electron chi connectivity index (χ1n) is 16.5. The third-order valence-electron chi connectivity index (χ3n) is 8.14. The summed E-state index contributed by atoms with van der Waals surface area (Å²) in [4.78, 5) is 46.0. The van der Waals surface area contributed by atoms with Gasteiger partial charge in [-0.3, -0.25) is 14.9 Å². The number of nitrogens with zero attached hydrogens (tertiary/aromatic N) is 4. The van der Waals surface area contributed by atoms with E-state index >= 15 is 0 Å². The molecule has 2 rings (SSSR count). The fourth-order valence-corrected chi connectivity index (χ4v) is 4.88. The molecule has 3 N–H and O–H groups in total. The first-order chi connectivity index (χ1) is 23.0. The number of nitrogens with one attached hydrogen (secondary N) is 1. The molecule has 3 atom stereocenters. The van der Waals surface area contributed by atoms with Crippen molar-refractivity contribution in [1.82, 2.24) is 20.3 Å². The summed E-state index contributed by atoms with van der Waals surface area (Å²) < 4.78 is 13.4. The van der Waals surface area contributed by atoms with Crippen molar-refractivity contribution in [3.63, 3.8) is 0 Å². The van der Waals surface area contributed by atoms with Gasteiger partial charge in [-0.1, -0.05) is 49.8 Å². The summed E-state index contributed by atoms with van der Waals surface area (Å²) in [6.07, 6.45) is 12.1. The van der Waals surface area contributed by atoms with Crippen molar-refractivity contribution in [1.29, 1.82) is 0 Å². The fourth-order valence-electron chi connectivity index (χ4n) is 4.88. The Morgan fingerprint density at radius 1 is 1.12 bits per heavy atom. The molecule has 49 heavy (non-hydrogen) atoms. The van der Waals surface area contributed by atoms with Gasteiger partial charge in [0.25, 0.3) is 5.69 Å². The second kappa shape index (κ2) is 18.8. The second-order valence-corrected chi connectivity index (χ2v) is 13.2. The number of rotatable bonds is 21. The quantitative estimate of drug-likeness (QED) is 0.0706. The molecule has 0 fully saturated rings. The molecule has 1 amide bonds. The Kier molecular flexibility index (Phi) is 15.6. The Morgan fingerprint density at radius 3 is 2.47 bits per heavy atom. The maximum Gasteiger partial charge on any atom is 0.408 e. The normalized spacial score (nSPS) is 14.1. The maximum atomic E-state index is 12.5. The third-order valence-corrected chi connectivity index (χ3v) is 8.14. The molecule has 1 aromatic carbocycles. The second-order valence-electron chi connectivity index (χ2n) is 13.2. The van der Waals surface area contributed by atoms with Crippen LogP contribution in [0, 0.1) is 16.0 Å². The molecule has 3 unspecified atom stereocenters. The van der Waals surface area contributed by atoms with Crippen LogP contribution in [0.4, 0.5) is 10.5 Å². The number of nitro groups is 1. The average Bonchev–Trinajstić information content (AvgIpc) is 3.50. The number of allylic oxidation sites excluding steroid dienone is 4. The Balaban J connectivity index is 2.06. The molecule has 1 aromatic heterocycles. The van der Waals surface area contributed by atoms with Crippen molar-refractivity contribution in [2.24, 2.45) is 5.92 Å². The lowest BCUT2D eigenvalue weighted by Gasteiger charge is -2.30. The molecule has 0 saturated heterocycles. The first kappa shape index (κ1) is 40.6. The highest BCUT2D eigenvalue weighted by Crippen LogP contribution is 2.34. The van der Waals surface area contributed by atoms with Crippen LogP contribution in [-0.2, 0) is 36.6 Å². The van der Waals surface area contributed by atoms with Gasteiger partial charge in [-0.25, -0.2) is 14.3 Å². The summed E-state index contributed by atoms with van der Waals surface area (Å²) in [5, 5.41) is 40.8. The largest absolute Gasteiger partial charge is 0.481 e. The summed E-state index contributed by atoms with van der Waals surface area (Å²) in [6.45, 7) is 13.8. The molecule has 0 aliphatic heterocycles. The molecule has 2 aromatic rings. The Bertz CT molecular complexity index is 1480. The Labute approximate surface area is 287 Å². The zero-order chi connectivity index (χ0) is 36.8. The predicted octanol–water partition coefficient (Wildman–Crippen LogP) is 6.85. The molecule has 14 heteroatoms. The summed E-state index contributed by atoms with van der Waals surface area (Å²) in [6, 6.07) is 2.90. The van der Waals surface area contributed by atoms with Gasteiger partial charge in [-0.05, 0) is 83.9 Å². The van der Waals surface area contributed by atoms with Crippen molar-refractivity contribution in [2.45, 2.75) is 117 Å². The van der Waals surface area contributed by atoms with Gasteiger partial charge >= 0.3 is 18.0 Å². The summed E-state index contributed by atoms with van der Waals surface area (Å²) in [5.74, 6) is -2.22. The number of alkyl carbamates (subject to hydrolysis) is 1. The summed E-state index contributed by atoms with van der Waals surface area (Å²) in [5.41, 5.74) is -0.0707. The Morgan fingerprint density at radius 2 is 1.84 bits per heavy atom. The molecule has 14 nitrogen and oxygen atoms in total. The van der Waals surface area contributed by atoms with E-state index in [1.807, 2.05) is 38.6 Å². The number of carboxylic acids is 2. The number of aromatic nitrogens is 3. The van der Waals surface area contributed by atoms with E-state index < -0.39 is 52.7 Å². The minimum absolute atomic E-state index is 0.0820. The number of carbonyl (C=O) groups is 3. The first-order valence-corrected chi connectivity index (χ1v) is 16.5. The molecule has 0 saturated carbocycles. The van der Waals surface area contributed by atoms with Gasteiger partial charge in [0.15, 0.2) is 0 Å². The molecular formula is C35H51N5O9. The number of benzene rings is 1. The number of carboxylic acid groups (broad SMARTS) is 2. The van der Waals surface area contributed by atoms with Crippen LogP contribution in [-0.4, -0.2) is 60.8 Å². The van der Waals surface area contributed by atoms with E-state index in [0.717, 1.165) is 25.0 Å². The fraction of sp³-hybridized carbons (Fsp3) is 0.571. The Hall–Kier alpha value is -4.59. The summed E-state index contributed by atoms with van der Waals surface area (Å²) in [7, 11) is 0. The van der Waals surface area contributed by atoms with Gasteiger partial charge in [-0.2, -0.15) is 0 Å². The molecule has 0 aliphatic carbocycles. The van der Waals surface area contributed by atoms with E-state index in [9.17, 15) is 29.6 Å². The molecule has 1 heterocycles. The number of nitro benzene ring substituents is 1. The monoisotopic (exact) mass is 685 g/mol. The van der Waals surface area contributed by atoms with Crippen LogP contribution < -0.4 is 5.32 Å². The van der Waals surface area contributed by atoms with Crippen LogP contribution in [0.2, 0.25) is 0 Å². The van der Waals surface area contributed by atoms with E-state index in [1.165, 1.54) is 19.1 Å².